The number of carboxylic acids is 1. The predicted molar refractivity (Wildman–Crippen MR) is 47.1 cm³/mol. The Labute approximate surface area is 73.2 Å². The summed E-state index contributed by atoms with van der Waals surface area (Å²) in [6.45, 7) is 6.46. The van der Waals surface area contributed by atoms with Crippen molar-refractivity contribution in [3.8, 4) is 0 Å². The van der Waals surface area contributed by atoms with E-state index in [4.69, 9.17) is 5.11 Å². The molecule has 0 amide bonds. The van der Waals surface area contributed by atoms with Gasteiger partial charge in [-0.15, -0.1) is 0 Å². The highest BCUT2D eigenvalue weighted by Gasteiger charge is 2.57. The van der Waals surface area contributed by atoms with Crippen molar-refractivity contribution < 1.29 is 9.90 Å². The van der Waals surface area contributed by atoms with Crippen LogP contribution in [-0.2, 0) is 4.79 Å². The molecule has 1 saturated carbocycles. The van der Waals surface area contributed by atoms with Crippen molar-refractivity contribution in [2.45, 2.75) is 39.2 Å². The third-order valence-electron chi connectivity index (χ3n) is 3.17. The molecule has 3 heteroatoms. The fraction of sp³-hybridized carbons (Fsp3) is 0.889. The zero-order valence-corrected chi connectivity index (χ0v) is 7.98. The van der Waals surface area contributed by atoms with E-state index < -0.39 is 11.5 Å². The van der Waals surface area contributed by atoms with Crippen LogP contribution >= 0.6 is 0 Å². The Hall–Kier alpha value is -0.570. The zero-order valence-electron chi connectivity index (χ0n) is 7.98. The highest BCUT2D eigenvalue weighted by molar-refractivity contribution is 5.80. The van der Waals surface area contributed by atoms with Crippen LogP contribution in [0.3, 0.4) is 0 Å². The second-order valence-corrected chi connectivity index (χ2v) is 4.02. The molecule has 2 N–H and O–H groups in total. The molecule has 1 atom stereocenters. The van der Waals surface area contributed by atoms with Gasteiger partial charge in [-0.2, -0.15) is 0 Å². The van der Waals surface area contributed by atoms with Gasteiger partial charge in [0.25, 0.3) is 0 Å². The van der Waals surface area contributed by atoms with Crippen LogP contribution in [0, 0.1) is 5.41 Å². The number of aliphatic carboxylic acids is 1. The van der Waals surface area contributed by atoms with Crippen molar-refractivity contribution >= 4 is 5.97 Å². The van der Waals surface area contributed by atoms with Gasteiger partial charge in [0.1, 0.15) is 5.54 Å². The highest BCUT2D eigenvalue weighted by atomic mass is 16.4. The van der Waals surface area contributed by atoms with E-state index in [1.807, 2.05) is 13.8 Å². The molecule has 1 aliphatic carbocycles. The van der Waals surface area contributed by atoms with Gasteiger partial charge < -0.3 is 10.4 Å². The first kappa shape index (κ1) is 9.52. The molecule has 1 unspecified atom stereocenters. The molecule has 12 heavy (non-hydrogen) atoms. The van der Waals surface area contributed by atoms with Crippen LogP contribution in [0.15, 0.2) is 0 Å². The SMILES string of the molecule is CCNC(C)(C(=O)O)C1(C)CC1. The third-order valence-corrected chi connectivity index (χ3v) is 3.17. The Bertz CT molecular complexity index is 199. The maximum Gasteiger partial charge on any atom is 0.324 e. The van der Waals surface area contributed by atoms with Gasteiger partial charge in [0, 0.05) is 0 Å². The smallest absolute Gasteiger partial charge is 0.324 e. The minimum atomic E-state index is -0.734. The number of carboxylic acid groups (broad SMARTS) is 1. The largest absolute Gasteiger partial charge is 0.480 e. The molecule has 0 heterocycles. The molecule has 1 fully saturated rings. The molecule has 3 nitrogen and oxygen atoms in total. The van der Waals surface area contributed by atoms with Crippen molar-refractivity contribution in [3.63, 3.8) is 0 Å². The van der Waals surface area contributed by atoms with Crippen molar-refractivity contribution in [2.24, 2.45) is 5.41 Å². The number of carbonyl (C=O) groups is 1. The van der Waals surface area contributed by atoms with E-state index in [0.29, 0.717) is 6.54 Å². The molecule has 0 aliphatic heterocycles. The lowest BCUT2D eigenvalue weighted by Gasteiger charge is -2.32. The molecule has 0 aromatic heterocycles. The van der Waals surface area contributed by atoms with Crippen LogP contribution < -0.4 is 5.32 Å². The maximum atomic E-state index is 11.0. The minimum absolute atomic E-state index is 0.0329. The van der Waals surface area contributed by atoms with Gasteiger partial charge in [0.2, 0.25) is 0 Å². The minimum Gasteiger partial charge on any atom is -0.480 e. The zero-order chi connectivity index (χ0) is 9.41. The summed E-state index contributed by atoms with van der Waals surface area (Å²) in [4.78, 5) is 11.0. The summed E-state index contributed by atoms with van der Waals surface area (Å²) >= 11 is 0. The first-order valence-corrected chi connectivity index (χ1v) is 4.45. The first-order valence-electron chi connectivity index (χ1n) is 4.45. The van der Waals surface area contributed by atoms with Crippen molar-refractivity contribution in [3.05, 3.63) is 0 Å². The summed E-state index contributed by atoms with van der Waals surface area (Å²) < 4.78 is 0. The standard InChI is InChI=1S/C9H17NO2/c1-4-10-9(3,7(11)12)8(2)5-6-8/h10H,4-6H2,1-3H3,(H,11,12). The summed E-state index contributed by atoms with van der Waals surface area (Å²) in [5.41, 5.74) is -0.767. The maximum absolute atomic E-state index is 11.0. The Morgan fingerprint density at radius 2 is 2.17 bits per heavy atom. The Morgan fingerprint density at radius 1 is 1.67 bits per heavy atom. The lowest BCUT2D eigenvalue weighted by atomic mass is 9.84. The summed E-state index contributed by atoms with van der Waals surface area (Å²) in [5, 5.41) is 12.1. The van der Waals surface area contributed by atoms with Gasteiger partial charge in [0.05, 0.1) is 0 Å². The van der Waals surface area contributed by atoms with Crippen molar-refractivity contribution in [1.29, 1.82) is 0 Å². The topological polar surface area (TPSA) is 49.3 Å². The summed E-state index contributed by atoms with van der Waals surface area (Å²) in [5.74, 6) is -0.732. The number of likely N-dealkylation sites (N-methyl/N-ethyl adjacent to an activating group) is 1. The molecule has 1 aliphatic rings. The van der Waals surface area contributed by atoms with Gasteiger partial charge in [-0.05, 0) is 31.7 Å². The molecule has 0 aromatic rings. The number of rotatable bonds is 4. The van der Waals surface area contributed by atoms with Crippen LogP contribution in [0.5, 0.6) is 0 Å². The summed E-state index contributed by atoms with van der Waals surface area (Å²) in [6.07, 6.45) is 2.03. The molecule has 0 saturated heterocycles. The van der Waals surface area contributed by atoms with Crippen LogP contribution in [0.2, 0.25) is 0 Å². The van der Waals surface area contributed by atoms with E-state index in [2.05, 4.69) is 5.32 Å². The van der Waals surface area contributed by atoms with E-state index in [1.54, 1.807) is 6.92 Å². The average molecular weight is 171 g/mol. The second kappa shape index (κ2) is 2.73. The van der Waals surface area contributed by atoms with E-state index in [1.165, 1.54) is 0 Å². The molecule has 70 valence electrons. The quantitative estimate of drug-likeness (QED) is 0.669. The molecule has 0 bridgehead atoms. The Kier molecular flexibility index (Phi) is 2.17. The van der Waals surface area contributed by atoms with Crippen molar-refractivity contribution in [2.75, 3.05) is 6.54 Å². The predicted octanol–water partition coefficient (Wildman–Crippen LogP) is 1.24. The molecule has 1 rings (SSSR count). The van der Waals surface area contributed by atoms with Crippen LogP contribution in [0.4, 0.5) is 0 Å². The molecular formula is C9H17NO2. The van der Waals surface area contributed by atoms with Crippen LogP contribution in [0.25, 0.3) is 0 Å². The monoisotopic (exact) mass is 171 g/mol. The summed E-state index contributed by atoms with van der Waals surface area (Å²) in [6, 6.07) is 0. The number of nitrogens with one attached hydrogen (secondary N) is 1. The fourth-order valence-corrected chi connectivity index (χ4v) is 1.59. The van der Waals surface area contributed by atoms with Gasteiger partial charge in [-0.3, -0.25) is 4.79 Å². The Balaban J connectivity index is 2.79. The van der Waals surface area contributed by atoms with E-state index in [-0.39, 0.29) is 5.41 Å². The molecule has 0 spiro atoms. The number of hydrogen-bond donors (Lipinski definition) is 2. The molecule has 0 radical (unpaired) electrons. The van der Waals surface area contributed by atoms with Crippen LogP contribution in [0.1, 0.15) is 33.6 Å². The van der Waals surface area contributed by atoms with E-state index >= 15 is 0 Å². The normalized spacial score (nSPS) is 24.6. The highest BCUT2D eigenvalue weighted by Crippen LogP contribution is 2.53. The van der Waals surface area contributed by atoms with Crippen LogP contribution in [-0.4, -0.2) is 23.2 Å². The molecular weight excluding hydrogens is 154 g/mol. The van der Waals surface area contributed by atoms with Crippen molar-refractivity contribution in [1.82, 2.24) is 5.32 Å². The third kappa shape index (κ3) is 1.22. The van der Waals surface area contributed by atoms with Gasteiger partial charge in [0.15, 0.2) is 0 Å². The lowest BCUT2D eigenvalue weighted by Crippen LogP contribution is -2.55. The van der Waals surface area contributed by atoms with E-state index in [9.17, 15) is 4.79 Å². The van der Waals surface area contributed by atoms with Gasteiger partial charge >= 0.3 is 5.97 Å². The molecule has 0 aromatic carbocycles. The number of hydrogen-bond acceptors (Lipinski definition) is 2. The first-order chi connectivity index (χ1) is 5.46. The lowest BCUT2D eigenvalue weighted by molar-refractivity contribution is -0.147. The summed E-state index contributed by atoms with van der Waals surface area (Å²) in [7, 11) is 0. The van der Waals surface area contributed by atoms with Gasteiger partial charge in [-0.25, -0.2) is 0 Å². The fourth-order valence-electron chi connectivity index (χ4n) is 1.59. The van der Waals surface area contributed by atoms with Gasteiger partial charge in [-0.1, -0.05) is 13.8 Å². The van der Waals surface area contributed by atoms with E-state index in [0.717, 1.165) is 12.8 Å². The average Bonchev–Trinajstić information content (AvgIpc) is 2.69. The second-order valence-electron chi connectivity index (χ2n) is 4.02. The Morgan fingerprint density at radius 3 is 2.42 bits per heavy atom.